The topological polar surface area (TPSA) is 55.4 Å². The number of alkyl halides is 3. The van der Waals surface area contributed by atoms with Crippen LogP contribution in [0.5, 0.6) is 0 Å². The van der Waals surface area contributed by atoms with E-state index in [0.717, 1.165) is 0 Å². The number of benzene rings is 3. The first-order valence-corrected chi connectivity index (χ1v) is 12.7. The van der Waals surface area contributed by atoms with Gasteiger partial charge in [-0.1, -0.05) is 126 Å². The molecule has 3 fully saturated rings. The molecule has 0 saturated carbocycles. The Morgan fingerprint density at radius 1 is 0.472 bits per heavy atom. The second kappa shape index (κ2) is 9.55. The molecule has 2 bridgehead atoms. The maximum Gasteiger partial charge on any atom is 0.277 e. The largest absolute Gasteiger partial charge is 0.331 e. The average Bonchev–Trinajstić information content (AvgIpc) is 3.27. The van der Waals surface area contributed by atoms with Gasteiger partial charge in [-0.25, -0.2) is 0 Å². The summed E-state index contributed by atoms with van der Waals surface area (Å²) < 4.78 is 37.8. The molecule has 0 aromatic heterocycles. The van der Waals surface area contributed by atoms with E-state index in [9.17, 15) is 0 Å². The summed E-state index contributed by atoms with van der Waals surface area (Å²) in [5.41, 5.74) is 1.87. The summed E-state index contributed by atoms with van der Waals surface area (Å²) in [6, 6.07) is 27.7. The molecule has 3 saturated heterocycles. The normalized spacial score (nSPS) is 38.4. The zero-order valence-corrected chi connectivity index (χ0v) is 21.2. The highest BCUT2D eigenvalue weighted by Crippen LogP contribution is 2.50. The highest BCUT2D eigenvalue weighted by molar-refractivity contribution is 6.22. The minimum atomic E-state index is -1.62. The lowest BCUT2D eigenvalue weighted by Crippen LogP contribution is -2.57. The van der Waals surface area contributed by atoms with E-state index in [0.29, 0.717) is 16.7 Å². The third-order valence-corrected chi connectivity index (χ3v) is 7.69. The van der Waals surface area contributed by atoms with Crippen molar-refractivity contribution >= 4 is 34.8 Å². The van der Waals surface area contributed by atoms with Crippen molar-refractivity contribution < 1.29 is 28.4 Å². The van der Waals surface area contributed by atoms with E-state index in [4.69, 9.17) is 63.2 Å². The van der Waals surface area contributed by atoms with Crippen molar-refractivity contribution in [1.82, 2.24) is 0 Å². The molecular formula is C27H23Cl3O6. The van der Waals surface area contributed by atoms with Crippen molar-refractivity contribution in [2.45, 2.75) is 40.2 Å². The molecular weight excluding hydrogens is 527 g/mol. The molecule has 3 unspecified atom stereocenters. The first-order valence-electron chi connectivity index (χ1n) is 11.6. The van der Waals surface area contributed by atoms with Gasteiger partial charge in [-0.15, -0.1) is 0 Å². The van der Waals surface area contributed by atoms with Crippen LogP contribution in [0.4, 0.5) is 0 Å². The van der Waals surface area contributed by atoms with Crippen LogP contribution < -0.4 is 0 Å². The third kappa shape index (κ3) is 4.45. The van der Waals surface area contributed by atoms with Crippen molar-refractivity contribution in [3.8, 4) is 0 Å². The van der Waals surface area contributed by atoms with Crippen molar-refractivity contribution in [2.24, 2.45) is 0 Å². The first-order chi connectivity index (χ1) is 17.4. The fourth-order valence-corrected chi connectivity index (χ4v) is 5.60. The molecule has 3 aromatic rings. The fourth-order valence-electron chi connectivity index (χ4n) is 4.67. The molecule has 7 atom stereocenters. The lowest BCUT2D eigenvalue weighted by molar-refractivity contribution is -0.331. The van der Waals surface area contributed by atoms with Crippen LogP contribution in [-0.4, -0.2) is 37.6 Å². The Hall–Kier alpha value is -1.71. The second-order valence-corrected chi connectivity index (χ2v) is 10.3. The van der Waals surface area contributed by atoms with Gasteiger partial charge in [0.15, 0.2) is 0 Å². The van der Waals surface area contributed by atoms with E-state index in [2.05, 4.69) is 0 Å². The van der Waals surface area contributed by atoms with Crippen molar-refractivity contribution in [1.29, 1.82) is 0 Å². The van der Waals surface area contributed by atoms with Gasteiger partial charge in [0.2, 0.25) is 0 Å². The number of hydrogen-bond donors (Lipinski definition) is 0. The maximum atomic E-state index is 6.95. The van der Waals surface area contributed by atoms with E-state index < -0.39 is 40.2 Å². The molecule has 9 heteroatoms. The lowest BCUT2D eigenvalue weighted by atomic mass is 10.0. The quantitative estimate of drug-likeness (QED) is 0.388. The molecule has 3 aliphatic heterocycles. The van der Waals surface area contributed by atoms with E-state index in [1.165, 1.54) is 0 Å². The molecule has 6 nitrogen and oxygen atoms in total. The summed E-state index contributed by atoms with van der Waals surface area (Å²) in [6.45, 7) is -0.0792. The Labute approximate surface area is 223 Å². The summed E-state index contributed by atoms with van der Waals surface area (Å²) in [6.07, 6.45) is -2.94. The average molecular weight is 550 g/mol. The molecule has 36 heavy (non-hydrogen) atoms. The van der Waals surface area contributed by atoms with Gasteiger partial charge in [0.1, 0.15) is 24.4 Å². The van der Waals surface area contributed by atoms with Crippen LogP contribution in [0, 0.1) is 0 Å². The second-order valence-electron chi connectivity index (χ2n) is 8.81. The molecule has 0 spiro atoms. The summed E-state index contributed by atoms with van der Waals surface area (Å²) in [5, 5.41) is -4.80. The van der Waals surface area contributed by atoms with Crippen LogP contribution in [-0.2, 0) is 44.2 Å². The van der Waals surface area contributed by atoms with E-state index in [1.807, 2.05) is 91.0 Å². The van der Waals surface area contributed by atoms with Crippen LogP contribution in [0.25, 0.3) is 0 Å². The van der Waals surface area contributed by atoms with E-state index in [1.54, 1.807) is 0 Å². The molecule has 6 rings (SSSR count). The molecule has 188 valence electrons. The Morgan fingerprint density at radius 2 is 0.806 bits per heavy atom. The predicted octanol–water partition coefficient (Wildman–Crippen LogP) is 5.75. The van der Waals surface area contributed by atoms with Gasteiger partial charge in [-0.3, -0.25) is 0 Å². The molecule has 0 amide bonds. The van der Waals surface area contributed by atoms with Gasteiger partial charge in [-0.05, 0) is 0 Å². The minimum Gasteiger partial charge on any atom is -0.331 e. The van der Waals surface area contributed by atoms with Crippen molar-refractivity contribution in [3.63, 3.8) is 0 Å². The van der Waals surface area contributed by atoms with E-state index >= 15 is 0 Å². The molecule has 0 aliphatic carbocycles. The van der Waals surface area contributed by atoms with Gasteiger partial charge in [0.25, 0.3) is 15.7 Å². The Kier molecular flexibility index (Phi) is 6.53. The zero-order valence-electron chi connectivity index (χ0n) is 19.0. The van der Waals surface area contributed by atoms with Gasteiger partial charge in [-0.2, -0.15) is 0 Å². The summed E-state index contributed by atoms with van der Waals surface area (Å²) in [4.78, 5) is 0. The number of hydrogen-bond acceptors (Lipinski definition) is 6. The molecule has 0 N–H and O–H groups in total. The van der Waals surface area contributed by atoms with Crippen LogP contribution in [0.2, 0.25) is 0 Å². The van der Waals surface area contributed by atoms with Crippen LogP contribution in [0.15, 0.2) is 91.0 Å². The van der Waals surface area contributed by atoms with E-state index in [-0.39, 0.29) is 13.2 Å². The fraction of sp³-hybridized carbons (Fsp3) is 0.333. The zero-order chi connectivity index (χ0) is 24.8. The SMILES string of the molecule is ClC1(c2ccccc2)O[C@H]2[C@H](O1)[C@H]1COC(Cl)(c3ccccc3)O[C@H]2COC(Cl)(c2ccccc2)O1. The molecule has 0 radical (unpaired) electrons. The third-order valence-electron chi connectivity index (χ3n) is 6.46. The van der Waals surface area contributed by atoms with Crippen LogP contribution in [0.3, 0.4) is 0 Å². The summed E-state index contributed by atoms with van der Waals surface area (Å²) in [7, 11) is 0. The summed E-state index contributed by atoms with van der Waals surface area (Å²) >= 11 is 20.8. The first kappa shape index (κ1) is 24.6. The minimum absolute atomic E-state index is 0.0396. The Balaban J connectivity index is 1.41. The lowest BCUT2D eigenvalue weighted by Gasteiger charge is -2.45. The maximum absolute atomic E-state index is 6.95. The van der Waals surface area contributed by atoms with Gasteiger partial charge < -0.3 is 28.4 Å². The smallest absolute Gasteiger partial charge is 0.277 e. The number of ether oxygens (including phenoxy) is 6. The monoisotopic (exact) mass is 548 g/mol. The molecule has 3 heterocycles. The predicted molar refractivity (Wildman–Crippen MR) is 133 cm³/mol. The number of rotatable bonds is 3. The van der Waals surface area contributed by atoms with Gasteiger partial charge in [0.05, 0.1) is 13.2 Å². The van der Waals surface area contributed by atoms with Crippen molar-refractivity contribution in [3.05, 3.63) is 108 Å². The Morgan fingerprint density at radius 3 is 1.17 bits per heavy atom. The van der Waals surface area contributed by atoms with Gasteiger partial charge in [0, 0.05) is 16.7 Å². The van der Waals surface area contributed by atoms with Crippen molar-refractivity contribution in [2.75, 3.05) is 13.2 Å². The van der Waals surface area contributed by atoms with Crippen LogP contribution >= 0.6 is 34.8 Å². The molecule has 3 aromatic carbocycles. The number of halogens is 3. The molecule has 3 aliphatic rings. The highest BCUT2D eigenvalue weighted by atomic mass is 35.5. The van der Waals surface area contributed by atoms with Crippen LogP contribution in [0.1, 0.15) is 16.7 Å². The van der Waals surface area contributed by atoms with Gasteiger partial charge >= 0.3 is 0 Å². The standard InChI is InChI=1S/C27H23Cl3O6/c28-25(18-10-4-1-5-11-18)31-16-22-24-23(35-27(30,36-24)20-14-8-3-9-15-20)21(33-25)17-32-26(29,34-22)19-12-6-2-7-13-19/h1-15,21-24H,16-17H2/t21-,22+,23-,24-,25?,26?,27?/m1/s1. The highest BCUT2D eigenvalue weighted by Gasteiger charge is 2.60. The summed E-state index contributed by atoms with van der Waals surface area (Å²) in [5.74, 6) is 0. The Bertz CT molecular complexity index is 1110.